The van der Waals surface area contributed by atoms with E-state index in [4.69, 9.17) is 10.5 Å². The highest BCUT2D eigenvalue weighted by molar-refractivity contribution is 5.55. The van der Waals surface area contributed by atoms with Crippen molar-refractivity contribution in [2.24, 2.45) is 0 Å². The van der Waals surface area contributed by atoms with E-state index < -0.39 is 17.6 Å². The largest absolute Gasteiger partial charge is 0.435 e. The van der Waals surface area contributed by atoms with Gasteiger partial charge in [-0.25, -0.2) is 9.50 Å². The standard InChI is InChI=1S/C12H13F3N4O/c13-12(14,15)10-9(16)6-17-11-8(5-18-19(10)11)7-1-3-20-4-2-7/h5-7H,1-4,16H2. The maximum Gasteiger partial charge on any atom is 0.435 e. The fourth-order valence-electron chi connectivity index (χ4n) is 2.54. The quantitative estimate of drug-likeness (QED) is 0.873. The number of nitrogens with zero attached hydrogens (tertiary/aromatic N) is 3. The van der Waals surface area contributed by atoms with Crippen LogP contribution in [0.15, 0.2) is 12.4 Å². The Bertz CT molecular complexity index is 631. The molecule has 0 atom stereocenters. The van der Waals surface area contributed by atoms with Gasteiger partial charge in [0.05, 0.1) is 18.1 Å². The van der Waals surface area contributed by atoms with Gasteiger partial charge in [-0.2, -0.15) is 18.3 Å². The molecule has 0 amide bonds. The highest BCUT2D eigenvalue weighted by Crippen LogP contribution is 2.35. The predicted molar refractivity (Wildman–Crippen MR) is 65.2 cm³/mol. The first kappa shape index (κ1) is 13.2. The number of nitrogen functional groups attached to an aromatic ring is 1. The molecule has 1 aliphatic rings. The third kappa shape index (κ3) is 2.09. The van der Waals surface area contributed by atoms with Crippen LogP contribution in [0, 0.1) is 0 Å². The minimum Gasteiger partial charge on any atom is -0.396 e. The Hall–Kier alpha value is -1.83. The van der Waals surface area contributed by atoms with Crippen LogP contribution >= 0.6 is 0 Å². The van der Waals surface area contributed by atoms with Crippen LogP contribution in [0.3, 0.4) is 0 Å². The molecule has 0 unspecified atom stereocenters. The Balaban J connectivity index is 2.14. The fourth-order valence-corrected chi connectivity index (χ4v) is 2.54. The molecule has 2 aromatic rings. The van der Waals surface area contributed by atoms with E-state index in [-0.39, 0.29) is 11.6 Å². The molecule has 0 radical (unpaired) electrons. The van der Waals surface area contributed by atoms with E-state index in [1.54, 1.807) is 0 Å². The zero-order chi connectivity index (χ0) is 14.3. The summed E-state index contributed by atoms with van der Waals surface area (Å²) in [4.78, 5) is 4.02. The number of anilines is 1. The van der Waals surface area contributed by atoms with Gasteiger partial charge in [0.15, 0.2) is 11.3 Å². The molecule has 0 aliphatic carbocycles. The Kier molecular flexibility index (Phi) is 3.04. The van der Waals surface area contributed by atoms with Crippen LogP contribution in [-0.2, 0) is 10.9 Å². The number of nitrogens with two attached hydrogens (primary N) is 1. The summed E-state index contributed by atoms with van der Waals surface area (Å²) in [5.41, 5.74) is 4.94. The summed E-state index contributed by atoms with van der Waals surface area (Å²) in [6.45, 7) is 1.20. The van der Waals surface area contributed by atoms with Gasteiger partial charge in [-0.15, -0.1) is 0 Å². The molecule has 1 fully saturated rings. The predicted octanol–water partition coefficient (Wildman–Crippen LogP) is 2.22. The molecule has 8 heteroatoms. The van der Waals surface area contributed by atoms with Gasteiger partial charge in [-0.1, -0.05) is 0 Å². The van der Waals surface area contributed by atoms with Crippen LogP contribution in [0.1, 0.15) is 30.0 Å². The van der Waals surface area contributed by atoms with Gasteiger partial charge < -0.3 is 10.5 Å². The van der Waals surface area contributed by atoms with Gasteiger partial charge in [0.1, 0.15) is 0 Å². The van der Waals surface area contributed by atoms with Gasteiger partial charge in [0.25, 0.3) is 0 Å². The Labute approximate surface area is 112 Å². The maximum absolute atomic E-state index is 13.0. The maximum atomic E-state index is 13.0. The molecule has 2 aromatic heterocycles. The van der Waals surface area contributed by atoms with E-state index in [0.29, 0.717) is 13.2 Å². The van der Waals surface area contributed by atoms with Crippen LogP contribution in [0.5, 0.6) is 0 Å². The van der Waals surface area contributed by atoms with E-state index in [9.17, 15) is 13.2 Å². The smallest absolute Gasteiger partial charge is 0.396 e. The zero-order valence-electron chi connectivity index (χ0n) is 10.5. The molecule has 0 aromatic carbocycles. The lowest BCUT2D eigenvalue weighted by molar-refractivity contribution is -0.141. The van der Waals surface area contributed by atoms with Crippen molar-refractivity contribution in [1.29, 1.82) is 0 Å². The molecule has 108 valence electrons. The fraction of sp³-hybridized carbons (Fsp3) is 0.500. The van der Waals surface area contributed by atoms with Gasteiger partial charge in [-0.05, 0) is 18.8 Å². The molecule has 1 aliphatic heterocycles. The lowest BCUT2D eigenvalue weighted by Crippen LogP contribution is -2.17. The molecule has 1 saturated heterocycles. The summed E-state index contributed by atoms with van der Waals surface area (Å²) in [5, 5.41) is 3.83. The summed E-state index contributed by atoms with van der Waals surface area (Å²) >= 11 is 0. The average molecular weight is 286 g/mol. The Morgan fingerprint density at radius 3 is 2.60 bits per heavy atom. The lowest BCUT2D eigenvalue weighted by atomic mass is 9.94. The summed E-state index contributed by atoms with van der Waals surface area (Å²) < 4.78 is 45.2. The first-order valence-corrected chi connectivity index (χ1v) is 6.25. The zero-order valence-corrected chi connectivity index (χ0v) is 10.5. The summed E-state index contributed by atoms with van der Waals surface area (Å²) in [5.74, 6) is 0.124. The summed E-state index contributed by atoms with van der Waals surface area (Å²) in [6.07, 6.45) is -0.552. The van der Waals surface area contributed by atoms with Gasteiger partial charge in [0, 0.05) is 18.8 Å². The summed E-state index contributed by atoms with van der Waals surface area (Å²) in [6, 6.07) is 0. The topological polar surface area (TPSA) is 65.4 Å². The van der Waals surface area contributed by atoms with Gasteiger partial charge in [0.2, 0.25) is 0 Å². The molecule has 2 N–H and O–H groups in total. The average Bonchev–Trinajstić information content (AvgIpc) is 2.81. The molecule has 3 rings (SSSR count). The number of hydrogen-bond donors (Lipinski definition) is 1. The molecule has 20 heavy (non-hydrogen) atoms. The highest BCUT2D eigenvalue weighted by atomic mass is 19.4. The number of ether oxygens (including phenoxy) is 1. The van der Waals surface area contributed by atoms with Crippen molar-refractivity contribution in [1.82, 2.24) is 14.6 Å². The molecule has 0 spiro atoms. The van der Waals surface area contributed by atoms with Crippen LogP contribution in [-0.4, -0.2) is 27.8 Å². The summed E-state index contributed by atoms with van der Waals surface area (Å²) in [7, 11) is 0. The van der Waals surface area contributed by atoms with Crippen molar-refractivity contribution < 1.29 is 17.9 Å². The second-order valence-corrected chi connectivity index (χ2v) is 4.78. The SMILES string of the molecule is Nc1cnc2c(C3CCOCC3)cnn2c1C(F)(F)F. The monoisotopic (exact) mass is 286 g/mol. The third-order valence-electron chi connectivity index (χ3n) is 3.51. The van der Waals surface area contributed by atoms with Crippen molar-refractivity contribution in [3.63, 3.8) is 0 Å². The first-order chi connectivity index (χ1) is 9.48. The normalized spacial score (nSPS) is 17.8. The third-order valence-corrected chi connectivity index (χ3v) is 3.51. The number of hydrogen-bond acceptors (Lipinski definition) is 4. The minimum absolute atomic E-state index is 0.124. The van der Waals surface area contributed by atoms with E-state index in [1.807, 2.05) is 0 Å². The van der Waals surface area contributed by atoms with Crippen molar-refractivity contribution in [3.05, 3.63) is 23.7 Å². The van der Waals surface area contributed by atoms with Crippen molar-refractivity contribution in [2.45, 2.75) is 24.9 Å². The molecular formula is C12H13F3N4O. The van der Waals surface area contributed by atoms with E-state index in [1.165, 1.54) is 6.20 Å². The number of rotatable bonds is 1. The van der Waals surface area contributed by atoms with Crippen LogP contribution in [0.25, 0.3) is 5.65 Å². The number of halogens is 3. The number of alkyl halides is 3. The molecular weight excluding hydrogens is 273 g/mol. The van der Waals surface area contributed by atoms with E-state index in [2.05, 4.69) is 10.1 Å². The van der Waals surface area contributed by atoms with E-state index in [0.717, 1.165) is 29.1 Å². The molecule has 0 saturated carbocycles. The Morgan fingerprint density at radius 2 is 1.95 bits per heavy atom. The molecule has 5 nitrogen and oxygen atoms in total. The number of fused-ring (bicyclic) bond motifs is 1. The van der Waals surface area contributed by atoms with Gasteiger partial charge >= 0.3 is 6.18 Å². The van der Waals surface area contributed by atoms with Crippen molar-refractivity contribution >= 4 is 11.3 Å². The Morgan fingerprint density at radius 1 is 1.25 bits per heavy atom. The van der Waals surface area contributed by atoms with Gasteiger partial charge in [-0.3, -0.25) is 0 Å². The van der Waals surface area contributed by atoms with Crippen LogP contribution in [0.4, 0.5) is 18.9 Å². The molecule has 3 heterocycles. The van der Waals surface area contributed by atoms with E-state index >= 15 is 0 Å². The second kappa shape index (κ2) is 4.62. The van der Waals surface area contributed by atoms with Crippen molar-refractivity contribution in [3.8, 4) is 0 Å². The lowest BCUT2D eigenvalue weighted by Gasteiger charge is -2.21. The van der Waals surface area contributed by atoms with Crippen LogP contribution < -0.4 is 5.73 Å². The first-order valence-electron chi connectivity index (χ1n) is 6.25. The number of aromatic nitrogens is 3. The highest BCUT2D eigenvalue weighted by Gasteiger charge is 2.37. The molecule has 0 bridgehead atoms. The van der Waals surface area contributed by atoms with Crippen molar-refractivity contribution in [2.75, 3.05) is 18.9 Å². The minimum atomic E-state index is -4.57. The van der Waals surface area contributed by atoms with Crippen LogP contribution in [0.2, 0.25) is 0 Å². The second-order valence-electron chi connectivity index (χ2n) is 4.78.